The molecule has 0 spiro atoms. The van der Waals surface area contributed by atoms with Gasteiger partial charge in [0.05, 0.1) is 0 Å². The molecule has 0 heterocycles. The van der Waals surface area contributed by atoms with Crippen LogP contribution in [0, 0.1) is 0 Å². The number of hydrogen-bond acceptors (Lipinski definition) is 3. The number of rotatable bonds is 6. The zero-order chi connectivity index (χ0) is 12.8. The van der Waals surface area contributed by atoms with E-state index in [1.54, 1.807) is 13.8 Å². The molecule has 3 nitrogen and oxygen atoms in total. The Labute approximate surface area is 102 Å². The molecule has 0 aliphatic heterocycles. The summed E-state index contributed by atoms with van der Waals surface area (Å²) in [5.41, 5.74) is 1.10. The predicted molar refractivity (Wildman–Crippen MR) is 66.2 cm³/mol. The summed E-state index contributed by atoms with van der Waals surface area (Å²) < 4.78 is 5.44. The minimum atomic E-state index is -0.418. The van der Waals surface area contributed by atoms with Crippen LogP contribution in [0.5, 0.6) is 5.75 Å². The maximum atomic E-state index is 11.0. The third-order valence-electron chi connectivity index (χ3n) is 2.57. The summed E-state index contributed by atoms with van der Waals surface area (Å²) in [5, 5.41) is 0. The number of hydrogen-bond donors (Lipinski definition) is 0. The Balaban J connectivity index is 2.55. The average Bonchev–Trinajstić information content (AvgIpc) is 2.28. The van der Waals surface area contributed by atoms with E-state index in [-0.39, 0.29) is 11.6 Å². The van der Waals surface area contributed by atoms with Gasteiger partial charge in [-0.3, -0.25) is 4.79 Å². The lowest BCUT2D eigenvalue weighted by Crippen LogP contribution is -2.20. The zero-order valence-corrected chi connectivity index (χ0v) is 10.5. The highest BCUT2D eigenvalue weighted by Crippen LogP contribution is 2.15. The highest BCUT2D eigenvalue weighted by molar-refractivity contribution is 5.80. The summed E-state index contributed by atoms with van der Waals surface area (Å²) >= 11 is 0. The Bertz CT molecular complexity index is 392. The first kappa shape index (κ1) is 13.4. The summed E-state index contributed by atoms with van der Waals surface area (Å²) in [7, 11) is 0. The molecular weight excluding hydrogens is 216 g/mol. The Morgan fingerprint density at radius 2 is 1.76 bits per heavy atom. The number of aryl methyl sites for hydroxylation is 1. The van der Waals surface area contributed by atoms with Crippen LogP contribution in [0.25, 0.3) is 0 Å². The first-order valence-corrected chi connectivity index (χ1v) is 5.74. The number of ketones is 2. The highest BCUT2D eigenvalue weighted by atomic mass is 16.5. The molecule has 1 aromatic carbocycles. The monoisotopic (exact) mass is 234 g/mol. The molecule has 1 rings (SSSR count). The molecular formula is C14H18O3. The Kier molecular flexibility index (Phi) is 4.88. The van der Waals surface area contributed by atoms with Gasteiger partial charge in [-0.05, 0) is 44.9 Å². The largest absolute Gasteiger partial charge is 0.483 e. The van der Waals surface area contributed by atoms with Gasteiger partial charge in [-0.1, -0.05) is 12.1 Å². The van der Waals surface area contributed by atoms with Gasteiger partial charge in [0.15, 0.2) is 11.9 Å². The van der Waals surface area contributed by atoms with E-state index in [4.69, 9.17) is 4.74 Å². The molecule has 0 bridgehead atoms. The normalized spacial score (nSPS) is 11.9. The Hall–Kier alpha value is -1.64. The molecule has 0 radical (unpaired) electrons. The molecule has 17 heavy (non-hydrogen) atoms. The molecule has 0 amide bonds. The topological polar surface area (TPSA) is 43.4 Å². The van der Waals surface area contributed by atoms with Crippen LogP contribution in [0.15, 0.2) is 24.3 Å². The Morgan fingerprint density at radius 1 is 1.18 bits per heavy atom. The molecule has 0 saturated heterocycles. The van der Waals surface area contributed by atoms with Gasteiger partial charge in [0.2, 0.25) is 0 Å². The molecule has 0 fully saturated rings. The standard InChI is InChI=1S/C14H18O3/c1-10(15)4-5-13-6-8-14(9-7-13)17-12(3)11(2)16/h6-9,12H,4-5H2,1-3H3/t12-/m0/s1. The van der Waals surface area contributed by atoms with Crippen molar-refractivity contribution in [2.24, 2.45) is 0 Å². The summed E-state index contributed by atoms with van der Waals surface area (Å²) in [4.78, 5) is 21.9. The van der Waals surface area contributed by atoms with E-state index < -0.39 is 6.10 Å². The predicted octanol–water partition coefficient (Wildman–Crippen LogP) is 2.56. The number of Topliss-reactive ketones (excluding diaryl/α,β-unsaturated/α-hetero) is 2. The molecule has 3 heteroatoms. The van der Waals surface area contributed by atoms with E-state index >= 15 is 0 Å². The number of ether oxygens (including phenoxy) is 1. The Morgan fingerprint density at radius 3 is 2.24 bits per heavy atom. The number of carbonyl (C=O) groups excluding carboxylic acids is 2. The minimum absolute atomic E-state index is 0.00524. The fourth-order valence-electron chi connectivity index (χ4n) is 1.34. The van der Waals surface area contributed by atoms with Crippen LogP contribution in [-0.2, 0) is 16.0 Å². The van der Waals surface area contributed by atoms with Crippen molar-refractivity contribution in [1.29, 1.82) is 0 Å². The molecule has 92 valence electrons. The van der Waals surface area contributed by atoms with Crippen molar-refractivity contribution < 1.29 is 14.3 Å². The quantitative estimate of drug-likeness (QED) is 0.759. The third-order valence-corrected chi connectivity index (χ3v) is 2.57. The molecule has 0 N–H and O–H groups in total. The van der Waals surface area contributed by atoms with Crippen LogP contribution in [0.1, 0.15) is 32.8 Å². The highest BCUT2D eigenvalue weighted by Gasteiger charge is 2.08. The average molecular weight is 234 g/mol. The van der Waals surface area contributed by atoms with Gasteiger partial charge in [0.25, 0.3) is 0 Å². The first-order chi connectivity index (χ1) is 7.99. The van der Waals surface area contributed by atoms with Crippen LogP contribution >= 0.6 is 0 Å². The second-order valence-electron chi connectivity index (χ2n) is 4.22. The second kappa shape index (κ2) is 6.18. The van der Waals surface area contributed by atoms with E-state index in [9.17, 15) is 9.59 Å². The molecule has 1 atom stereocenters. The van der Waals surface area contributed by atoms with Crippen LogP contribution in [0.3, 0.4) is 0 Å². The summed E-state index contributed by atoms with van der Waals surface area (Å²) in [6, 6.07) is 7.50. The van der Waals surface area contributed by atoms with Gasteiger partial charge >= 0.3 is 0 Å². The van der Waals surface area contributed by atoms with E-state index in [1.165, 1.54) is 6.92 Å². The smallest absolute Gasteiger partial charge is 0.169 e. The lowest BCUT2D eigenvalue weighted by atomic mass is 10.1. The van der Waals surface area contributed by atoms with E-state index in [0.717, 1.165) is 12.0 Å². The van der Waals surface area contributed by atoms with Crippen LogP contribution in [0.4, 0.5) is 0 Å². The van der Waals surface area contributed by atoms with Gasteiger partial charge in [0.1, 0.15) is 11.5 Å². The van der Waals surface area contributed by atoms with Crippen molar-refractivity contribution in [1.82, 2.24) is 0 Å². The lowest BCUT2D eigenvalue weighted by Gasteiger charge is -2.11. The first-order valence-electron chi connectivity index (χ1n) is 5.74. The van der Waals surface area contributed by atoms with Crippen molar-refractivity contribution in [3.8, 4) is 5.75 Å². The van der Waals surface area contributed by atoms with Crippen molar-refractivity contribution in [3.05, 3.63) is 29.8 Å². The molecule has 0 unspecified atom stereocenters. The molecule has 0 aliphatic carbocycles. The van der Waals surface area contributed by atoms with Gasteiger partial charge in [0, 0.05) is 6.42 Å². The second-order valence-corrected chi connectivity index (χ2v) is 4.22. The minimum Gasteiger partial charge on any atom is -0.483 e. The van der Waals surface area contributed by atoms with Gasteiger partial charge < -0.3 is 9.53 Å². The van der Waals surface area contributed by atoms with Crippen molar-refractivity contribution in [2.75, 3.05) is 0 Å². The lowest BCUT2D eigenvalue weighted by molar-refractivity contribution is -0.123. The van der Waals surface area contributed by atoms with E-state index in [0.29, 0.717) is 12.2 Å². The molecule has 0 saturated carbocycles. The van der Waals surface area contributed by atoms with Crippen molar-refractivity contribution >= 4 is 11.6 Å². The van der Waals surface area contributed by atoms with Gasteiger partial charge in [-0.2, -0.15) is 0 Å². The SMILES string of the molecule is CC(=O)CCc1ccc(O[C@@H](C)C(C)=O)cc1. The third kappa shape index (κ3) is 4.81. The maximum absolute atomic E-state index is 11.0. The van der Waals surface area contributed by atoms with Crippen LogP contribution < -0.4 is 4.74 Å². The van der Waals surface area contributed by atoms with Gasteiger partial charge in [-0.15, -0.1) is 0 Å². The van der Waals surface area contributed by atoms with Crippen LogP contribution in [0.2, 0.25) is 0 Å². The van der Waals surface area contributed by atoms with Gasteiger partial charge in [-0.25, -0.2) is 0 Å². The van der Waals surface area contributed by atoms with Crippen molar-refractivity contribution in [2.45, 2.75) is 39.7 Å². The van der Waals surface area contributed by atoms with Crippen LogP contribution in [-0.4, -0.2) is 17.7 Å². The molecule has 0 aliphatic rings. The zero-order valence-electron chi connectivity index (χ0n) is 10.5. The number of carbonyl (C=O) groups is 2. The summed E-state index contributed by atoms with van der Waals surface area (Å²) in [5.74, 6) is 0.875. The maximum Gasteiger partial charge on any atom is 0.169 e. The fourth-order valence-corrected chi connectivity index (χ4v) is 1.34. The van der Waals surface area contributed by atoms with E-state index in [1.807, 2.05) is 24.3 Å². The number of benzene rings is 1. The molecule has 1 aromatic rings. The fraction of sp³-hybridized carbons (Fsp3) is 0.429. The molecule has 0 aromatic heterocycles. The summed E-state index contributed by atoms with van der Waals surface area (Å²) in [6.45, 7) is 4.82. The van der Waals surface area contributed by atoms with E-state index in [2.05, 4.69) is 0 Å². The summed E-state index contributed by atoms with van der Waals surface area (Å²) in [6.07, 6.45) is 0.889. The van der Waals surface area contributed by atoms with Crippen molar-refractivity contribution in [3.63, 3.8) is 0 Å².